The number of benzene rings is 1. The summed E-state index contributed by atoms with van der Waals surface area (Å²) in [5.74, 6) is 0.305. The predicted octanol–water partition coefficient (Wildman–Crippen LogP) is 1.03. The Morgan fingerprint density at radius 3 is 2.90 bits per heavy atom. The third-order valence-corrected chi connectivity index (χ3v) is 5.40. The van der Waals surface area contributed by atoms with Gasteiger partial charge in [-0.15, -0.1) is 0 Å². The molecule has 0 saturated carbocycles. The van der Waals surface area contributed by atoms with Crippen LogP contribution in [0.15, 0.2) is 35.1 Å². The number of methoxy groups -OCH3 is 1. The highest BCUT2D eigenvalue weighted by atomic mass is 16.5. The molecular formula is C21H26N4O4. The van der Waals surface area contributed by atoms with Gasteiger partial charge in [0.25, 0.3) is 5.56 Å². The fourth-order valence-electron chi connectivity index (χ4n) is 4.01. The monoisotopic (exact) mass is 398 g/mol. The van der Waals surface area contributed by atoms with E-state index in [1.165, 1.54) is 16.2 Å². The van der Waals surface area contributed by atoms with Crippen LogP contribution in [0.1, 0.15) is 29.3 Å². The number of nitrogens with zero attached hydrogens (tertiary/aromatic N) is 3. The molecule has 1 aromatic heterocycles. The second-order valence-electron chi connectivity index (χ2n) is 7.36. The van der Waals surface area contributed by atoms with Crippen LogP contribution >= 0.6 is 0 Å². The Balaban J connectivity index is 1.55. The quantitative estimate of drug-likeness (QED) is 0.782. The van der Waals surface area contributed by atoms with E-state index in [2.05, 4.69) is 22.4 Å². The van der Waals surface area contributed by atoms with E-state index in [0.717, 1.165) is 18.4 Å². The zero-order valence-corrected chi connectivity index (χ0v) is 16.6. The molecule has 0 bridgehead atoms. The van der Waals surface area contributed by atoms with Crippen LogP contribution in [0.3, 0.4) is 0 Å². The summed E-state index contributed by atoms with van der Waals surface area (Å²) in [7, 11) is 1.56. The summed E-state index contributed by atoms with van der Waals surface area (Å²) >= 11 is 0. The van der Waals surface area contributed by atoms with Gasteiger partial charge in [0.15, 0.2) is 0 Å². The zero-order valence-electron chi connectivity index (χ0n) is 16.6. The van der Waals surface area contributed by atoms with Crippen molar-refractivity contribution in [1.82, 2.24) is 14.9 Å². The number of carbonyl (C=O) groups is 1. The van der Waals surface area contributed by atoms with Crippen LogP contribution in [0.25, 0.3) is 0 Å². The molecule has 154 valence electrons. The third-order valence-electron chi connectivity index (χ3n) is 5.40. The molecule has 29 heavy (non-hydrogen) atoms. The van der Waals surface area contributed by atoms with E-state index < -0.39 is 0 Å². The van der Waals surface area contributed by atoms with E-state index >= 15 is 0 Å². The molecule has 8 nitrogen and oxygen atoms in total. The second kappa shape index (κ2) is 8.75. The van der Waals surface area contributed by atoms with Gasteiger partial charge in [-0.3, -0.25) is 14.2 Å². The number of ether oxygens (including phenoxy) is 2. The van der Waals surface area contributed by atoms with Gasteiger partial charge < -0.3 is 19.7 Å². The Kier molecular flexibility index (Phi) is 5.92. The summed E-state index contributed by atoms with van der Waals surface area (Å²) in [6.45, 7) is 2.56. The summed E-state index contributed by atoms with van der Waals surface area (Å²) < 4.78 is 12.0. The molecule has 0 radical (unpaired) electrons. The number of morpholine rings is 1. The van der Waals surface area contributed by atoms with E-state index in [-0.39, 0.29) is 30.7 Å². The molecule has 1 amide bonds. The third kappa shape index (κ3) is 4.33. The lowest BCUT2D eigenvalue weighted by molar-refractivity contribution is -0.122. The van der Waals surface area contributed by atoms with Crippen LogP contribution in [0.5, 0.6) is 0 Å². The number of carbonyl (C=O) groups excluding carboxylic acids is 1. The largest absolute Gasteiger partial charge is 0.378 e. The lowest BCUT2D eigenvalue weighted by Crippen LogP contribution is -2.42. The first-order valence-corrected chi connectivity index (χ1v) is 9.95. The van der Waals surface area contributed by atoms with E-state index in [0.29, 0.717) is 37.9 Å². The molecule has 0 spiro atoms. The number of amides is 1. The van der Waals surface area contributed by atoms with Gasteiger partial charge in [-0.05, 0) is 24.0 Å². The molecule has 1 aliphatic carbocycles. The first kappa shape index (κ1) is 19.6. The van der Waals surface area contributed by atoms with E-state index in [9.17, 15) is 9.59 Å². The maximum Gasteiger partial charge on any atom is 0.255 e. The summed E-state index contributed by atoms with van der Waals surface area (Å²) in [5.41, 5.74) is 2.74. The minimum atomic E-state index is -0.254. The second-order valence-corrected chi connectivity index (χ2v) is 7.36. The van der Waals surface area contributed by atoms with E-state index in [1.54, 1.807) is 7.11 Å². The Bertz CT molecular complexity index is 937. The van der Waals surface area contributed by atoms with Crippen molar-refractivity contribution >= 4 is 11.9 Å². The molecule has 1 atom stereocenters. The van der Waals surface area contributed by atoms with Crippen molar-refractivity contribution in [1.29, 1.82) is 0 Å². The van der Waals surface area contributed by atoms with E-state index in [1.807, 2.05) is 17.0 Å². The fraction of sp³-hybridized carbons (Fsp3) is 0.476. The number of hydrogen-bond donors (Lipinski definition) is 1. The maximum atomic E-state index is 12.8. The SMILES string of the molecule is COCc1cc(=O)n(CC(=O)NC2CCc3ccccc32)c(N2CCOCC2)n1. The highest BCUT2D eigenvalue weighted by Crippen LogP contribution is 2.30. The molecule has 2 heterocycles. The normalized spacial score (nSPS) is 18.5. The minimum Gasteiger partial charge on any atom is -0.378 e. The van der Waals surface area contributed by atoms with Gasteiger partial charge in [0.05, 0.1) is 31.6 Å². The molecule has 1 saturated heterocycles. The lowest BCUT2D eigenvalue weighted by Gasteiger charge is -2.30. The fourth-order valence-corrected chi connectivity index (χ4v) is 4.01. The average molecular weight is 398 g/mol. The predicted molar refractivity (Wildman–Crippen MR) is 108 cm³/mol. The van der Waals surface area contributed by atoms with Crippen molar-refractivity contribution in [2.45, 2.75) is 32.0 Å². The van der Waals surface area contributed by atoms with Crippen molar-refractivity contribution in [3.05, 3.63) is 57.5 Å². The Hall–Kier alpha value is -2.71. The molecule has 1 fully saturated rings. The van der Waals surface area contributed by atoms with Gasteiger partial charge in [-0.1, -0.05) is 24.3 Å². The summed E-state index contributed by atoms with van der Waals surface area (Å²) in [6.07, 6.45) is 1.83. The Morgan fingerprint density at radius 2 is 2.10 bits per heavy atom. The van der Waals surface area contributed by atoms with Crippen LogP contribution in [0.2, 0.25) is 0 Å². The number of hydrogen-bond acceptors (Lipinski definition) is 6. The molecule has 2 aromatic rings. The molecular weight excluding hydrogens is 372 g/mol. The first-order valence-electron chi connectivity index (χ1n) is 9.95. The van der Waals surface area contributed by atoms with Crippen molar-refractivity contribution in [2.24, 2.45) is 0 Å². The number of anilines is 1. The molecule has 1 unspecified atom stereocenters. The van der Waals surface area contributed by atoms with E-state index in [4.69, 9.17) is 9.47 Å². The number of aromatic nitrogens is 2. The minimum absolute atomic E-state index is 0.0121. The molecule has 1 aliphatic heterocycles. The van der Waals surface area contributed by atoms with Gasteiger partial charge in [0.2, 0.25) is 11.9 Å². The molecule has 4 rings (SSSR count). The number of fused-ring (bicyclic) bond motifs is 1. The Morgan fingerprint density at radius 1 is 1.31 bits per heavy atom. The molecule has 8 heteroatoms. The van der Waals surface area contributed by atoms with Gasteiger partial charge in [-0.25, -0.2) is 4.98 Å². The van der Waals surface area contributed by atoms with Crippen LogP contribution in [0.4, 0.5) is 5.95 Å². The smallest absolute Gasteiger partial charge is 0.255 e. The average Bonchev–Trinajstić information content (AvgIpc) is 3.13. The highest BCUT2D eigenvalue weighted by Gasteiger charge is 2.25. The number of aryl methyl sites for hydroxylation is 1. The highest BCUT2D eigenvalue weighted by molar-refractivity contribution is 5.77. The molecule has 2 aliphatic rings. The van der Waals surface area contributed by atoms with Gasteiger partial charge >= 0.3 is 0 Å². The van der Waals surface area contributed by atoms with Crippen LogP contribution in [-0.2, 0) is 33.8 Å². The Labute approximate surface area is 169 Å². The molecule has 1 N–H and O–H groups in total. The van der Waals surface area contributed by atoms with Gasteiger partial charge in [-0.2, -0.15) is 0 Å². The van der Waals surface area contributed by atoms with Crippen LogP contribution in [-0.4, -0.2) is 48.9 Å². The standard InChI is InChI=1S/C21H26N4O4/c1-28-14-16-12-20(27)25(21(22-16)24-8-10-29-11-9-24)13-19(26)23-18-7-6-15-4-2-3-5-17(15)18/h2-5,12,18H,6-11,13-14H2,1H3,(H,23,26). The van der Waals surface area contributed by atoms with Gasteiger partial charge in [0, 0.05) is 26.3 Å². The van der Waals surface area contributed by atoms with Crippen molar-refractivity contribution in [2.75, 3.05) is 38.3 Å². The molecule has 1 aromatic carbocycles. The topological polar surface area (TPSA) is 85.7 Å². The van der Waals surface area contributed by atoms with Crippen LogP contribution in [0, 0.1) is 0 Å². The van der Waals surface area contributed by atoms with Crippen LogP contribution < -0.4 is 15.8 Å². The summed E-state index contributed by atoms with van der Waals surface area (Å²) in [6, 6.07) is 9.58. The summed E-state index contributed by atoms with van der Waals surface area (Å²) in [4.78, 5) is 32.2. The first-order chi connectivity index (χ1) is 14.2. The lowest BCUT2D eigenvalue weighted by atomic mass is 10.1. The maximum absolute atomic E-state index is 12.8. The number of rotatable bonds is 6. The zero-order chi connectivity index (χ0) is 20.2. The van der Waals surface area contributed by atoms with Crippen molar-refractivity contribution < 1.29 is 14.3 Å². The summed E-state index contributed by atoms with van der Waals surface area (Å²) in [5, 5.41) is 3.09. The number of nitrogens with one attached hydrogen (secondary N) is 1. The van der Waals surface area contributed by atoms with Crippen molar-refractivity contribution in [3.8, 4) is 0 Å². The van der Waals surface area contributed by atoms with Gasteiger partial charge in [0.1, 0.15) is 6.54 Å². The van der Waals surface area contributed by atoms with Crippen molar-refractivity contribution in [3.63, 3.8) is 0 Å².